The summed E-state index contributed by atoms with van der Waals surface area (Å²) in [5.41, 5.74) is 0. The summed E-state index contributed by atoms with van der Waals surface area (Å²) in [5.74, 6) is 1.01. The van der Waals surface area contributed by atoms with Crippen LogP contribution < -0.4 is 4.90 Å². The molecule has 4 rings (SSSR count). The molecule has 0 aromatic carbocycles. The smallest absolute Gasteiger partial charge is 0.225 e. The lowest BCUT2D eigenvalue weighted by molar-refractivity contribution is -0.131. The summed E-state index contributed by atoms with van der Waals surface area (Å²) in [7, 11) is 0. The summed E-state index contributed by atoms with van der Waals surface area (Å²) >= 11 is 7.68. The van der Waals surface area contributed by atoms with Gasteiger partial charge in [0.25, 0.3) is 0 Å². The van der Waals surface area contributed by atoms with E-state index in [2.05, 4.69) is 30.7 Å². The first-order valence-corrected chi connectivity index (χ1v) is 11.4. The van der Waals surface area contributed by atoms with Crippen molar-refractivity contribution in [3.05, 3.63) is 39.8 Å². The maximum absolute atomic E-state index is 12.6. The monoisotopic (exact) mass is 434 g/mol. The molecule has 0 spiro atoms. The van der Waals surface area contributed by atoms with Crippen LogP contribution in [0.4, 0.5) is 5.95 Å². The highest BCUT2D eigenvalue weighted by Gasteiger charge is 2.23. The SMILES string of the molecule is O=C(CCN1CCN(Cc2ccc(Cl)s2)CC1)N1CCN(c2ncccn2)CC1. The van der Waals surface area contributed by atoms with E-state index in [9.17, 15) is 4.79 Å². The molecule has 2 aromatic heterocycles. The zero-order chi connectivity index (χ0) is 20.1. The van der Waals surface area contributed by atoms with Gasteiger partial charge in [0.05, 0.1) is 4.34 Å². The molecule has 7 nitrogen and oxygen atoms in total. The number of hydrogen-bond acceptors (Lipinski definition) is 7. The van der Waals surface area contributed by atoms with Gasteiger partial charge in [0.15, 0.2) is 0 Å². The van der Waals surface area contributed by atoms with Gasteiger partial charge >= 0.3 is 0 Å². The molecule has 9 heteroatoms. The third kappa shape index (κ3) is 5.66. The van der Waals surface area contributed by atoms with Crippen LogP contribution in [0.2, 0.25) is 4.34 Å². The lowest BCUT2D eigenvalue weighted by atomic mass is 10.2. The Kier molecular flexibility index (Phi) is 6.97. The minimum atomic E-state index is 0.259. The molecule has 0 N–H and O–H groups in total. The number of piperazine rings is 2. The van der Waals surface area contributed by atoms with E-state index in [0.717, 1.165) is 75.7 Å². The second-order valence-electron chi connectivity index (χ2n) is 7.49. The second-order valence-corrected chi connectivity index (χ2v) is 9.29. The minimum Gasteiger partial charge on any atom is -0.339 e. The van der Waals surface area contributed by atoms with Crippen LogP contribution in [-0.4, -0.2) is 89.5 Å². The number of amides is 1. The summed E-state index contributed by atoms with van der Waals surface area (Å²) in [6.07, 6.45) is 4.12. The van der Waals surface area contributed by atoms with Crippen molar-refractivity contribution in [1.82, 2.24) is 24.7 Å². The number of carbonyl (C=O) groups is 1. The van der Waals surface area contributed by atoms with E-state index in [-0.39, 0.29) is 5.91 Å². The van der Waals surface area contributed by atoms with Crippen LogP contribution in [0.25, 0.3) is 0 Å². The van der Waals surface area contributed by atoms with Crippen LogP contribution in [0.1, 0.15) is 11.3 Å². The van der Waals surface area contributed by atoms with Crippen molar-refractivity contribution in [3.8, 4) is 0 Å². The normalized spacial score (nSPS) is 18.9. The maximum atomic E-state index is 12.6. The van der Waals surface area contributed by atoms with Gasteiger partial charge in [0, 0.05) is 89.1 Å². The fraction of sp³-hybridized carbons (Fsp3) is 0.550. The molecule has 0 saturated carbocycles. The average molecular weight is 435 g/mol. The third-order valence-corrected chi connectivity index (χ3v) is 6.80. The number of aromatic nitrogens is 2. The Hall–Kier alpha value is -1.74. The van der Waals surface area contributed by atoms with E-state index in [4.69, 9.17) is 11.6 Å². The Bertz CT molecular complexity index is 787. The van der Waals surface area contributed by atoms with Gasteiger partial charge in [-0.25, -0.2) is 9.97 Å². The van der Waals surface area contributed by atoms with E-state index < -0.39 is 0 Å². The predicted molar refractivity (Wildman–Crippen MR) is 116 cm³/mol. The van der Waals surface area contributed by atoms with Gasteiger partial charge in [0.2, 0.25) is 11.9 Å². The molecule has 0 aliphatic carbocycles. The standard InChI is InChI=1S/C20H27ClN6OS/c21-18-3-2-17(29-18)16-25-10-8-24(9-11-25)7-4-19(28)26-12-14-27(15-13-26)20-22-5-1-6-23-20/h1-3,5-6H,4,7-16H2. The number of carbonyl (C=O) groups excluding carboxylic acids is 1. The van der Waals surface area contributed by atoms with E-state index in [0.29, 0.717) is 6.42 Å². The van der Waals surface area contributed by atoms with Gasteiger partial charge in [0.1, 0.15) is 0 Å². The molecule has 4 heterocycles. The first-order valence-electron chi connectivity index (χ1n) is 10.2. The lowest BCUT2D eigenvalue weighted by Crippen LogP contribution is -2.50. The highest BCUT2D eigenvalue weighted by Crippen LogP contribution is 2.23. The summed E-state index contributed by atoms with van der Waals surface area (Å²) in [4.78, 5) is 31.5. The lowest BCUT2D eigenvalue weighted by Gasteiger charge is -2.36. The Labute approximate surface area is 180 Å². The second kappa shape index (κ2) is 9.84. The van der Waals surface area contributed by atoms with Crippen molar-refractivity contribution in [3.63, 3.8) is 0 Å². The van der Waals surface area contributed by atoms with Crippen molar-refractivity contribution in [2.45, 2.75) is 13.0 Å². The molecule has 2 aliphatic rings. The van der Waals surface area contributed by atoms with E-state index in [1.54, 1.807) is 23.7 Å². The highest BCUT2D eigenvalue weighted by molar-refractivity contribution is 7.16. The van der Waals surface area contributed by atoms with Crippen LogP contribution in [0.3, 0.4) is 0 Å². The zero-order valence-corrected chi connectivity index (χ0v) is 18.1. The van der Waals surface area contributed by atoms with Crippen molar-refractivity contribution in [1.29, 1.82) is 0 Å². The van der Waals surface area contributed by atoms with Crippen LogP contribution in [0.5, 0.6) is 0 Å². The Morgan fingerprint density at radius 1 is 0.966 bits per heavy atom. The first kappa shape index (κ1) is 20.5. The average Bonchev–Trinajstić information content (AvgIpc) is 3.18. The van der Waals surface area contributed by atoms with Gasteiger partial charge in [-0.1, -0.05) is 11.6 Å². The summed E-state index contributed by atoms with van der Waals surface area (Å²) < 4.78 is 0.856. The van der Waals surface area contributed by atoms with Crippen LogP contribution in [0.15, 0.2) is 30.6 Å². The van der Waals surface area contributed by atoms with E-state index in [1.165, 1.54) is 4.88 Å². The summed E-state index contributed by atoms with van der Waals surface area (Å²) in [5, 5.41) is 0. The van der Waals surface area contributed by atoms with Crippen LogP contribution in [-0.2, 0) is 11.3 Å². The molecule has 156 valence electrons. The molecular formula is C20H27ClN6OS. The number of rotatable bonds is 6. The van der Waals surface area contributed by atoms with Gasteiger partial charge in [-0.05, 0) is 18.2 Å². The quantitative estimate of drug-likeness (QED) is 0.693. The van der Waals surface area contributed by atoms with Gasteiger partial charge < -0.3 is 14.7 Å². The summed E-state index contributed by atoms with van der Waals surface area (Å²) in [6.45, 7) is 9.01. The maximum Gasteiger partial charge on any atom is 0.225 e. The molecular weight excluding hydrogens is 408 g/mol. The molecule has 2 fully saturated rings. The van der Waals surface area contributed by atoms with Crippen molar-refractivity contribution in [2.24, 2.45) is 0 Å². The van der Waals surface area contributed by atoms with Crippen molar-refractivity contribution < 1.29 is 4.79 Å². The van der Waals surface area contributed by atoms with Crippen molar-refractivity contribution >= 4 is 34.8 Å². The Morgan fingerprint density at radius 3 is 2.31 bits per heavy atom. The zero-order valence-electron chi connectivity index (χ0n) is 16.5. The van der Waals surface area contributed by atoms with Crippen molar-refractivity contribution in [2.75, 3.05) is 63.8 Å². The number of halogens is 1. The molecule has 2 aliphatic heterocycles. The number of nitrogens with zero attached hydrogens (tertiary/aromatic N) is 6. The highest BCUT2D eigenvalue weighted by atomic mass is 35.5. The molecule has 1 amide bonds. The molecule has 0 radical (unpaired) electrons. The molecule has 29 heavy (non-hydrogen) atoms. The van der Waals surface area contributed by atoms with Crippen LogP contribution >= 0.6 is 22.9 Å². The van der Waals surface area contributed by atoms with E-state index >= 15 is 0 Å². The van der Waals surface area contributed by atoms with Gasteiger partial charge in [-0.2, -0.15) is 0 Å². The molecule has 2 aromatic rings. The van der Waals surface area contributed by atoms with Crippen LogP contribution in [0, 0.1) is 0 Å². The minimum absolute atomic E-state index is 0.259. The van der Waals surface area contributed by atoms with Gasteiger partial charge in [-0.15, -0.1) is 11.3 Å². The molecule has 0 bridgehead atoms. The molecule has 0 unspecified atom stereocenters. The first-order chi connectivity index (χ1) is 14.2. The number of anilines is 1. The van der Waals surface area contributed by atoms with E-state index in [1.807, 2.05) is 17.0 Å². The predicted octanol–water partition coefficient (Wildman–Crippen LogP) is 2.05. The molecule has 0 atom stereocenters. The Balaban J connectivity index is 1.14. The molecule has 2 saturated heterocycles. The number of thiophene rings is 1. The largest absolute Gasteiger partial charge is 0.339 e. The fourth-order valence-corrected chi connectivity index (χ4v) is 4.98. The Morgan fingerprint density at radius 2 is 1.66 bits per heavy atom. The van der Waals surface area contributed by atoms with Gasteiger partial charge in [-0.3, -0.25) is 9.69 Å². The third-order valence-electron chi connectivity index (χ3n) is 5.58. The number of hydrogen-bond donors (Lipinski definition) is 0. The fourth-order valence-electron chi connectivity index (χ4n) is 3.85. The summed E-state index contributed by atoms with van der Waals surface area (Å²) in [6, 6.07) is 5.90. The topological polar surface area (TPSA) is 55.8 Å².